The second-order valence-corrected chi connectivity index (χ2v) is 25.6. The minimum Gasteiger partial charge on any atom is -0.462 e. The molecule has 0 radical (unpaired) electrons. The van der Waals surface area contributed by atoms with Crippen LogP contribution in [-0.4, -0.2) is 37.2 Å². The fourth-order valence-corrected chi connectivity index (χ4v) is 11.8. The van der Waals surface area contributed by atoms with Gasteiger partial charge in [-0.1, -0.05) is 400 Å². The number of hydrogen-bond donors (Lipinski definition) is 0. The number of carbonyl (C=O) groups excluding carboxylic acids is 3. The first-order valence-electron chi connectivity index (χ1n) is 37.0. The number of esters is 3. The van der Waals surface area contributed by atoms with Crippen LogP contribution in [0.25, 0.3) is 0 Å². The van der Waals surface area contributed by atoms with Gasteiger partial charge >= 0.3 is 17.9 Å². The van der Waals surface area contributed by atoms with Crippen LogP contribution >= 0.6 is 0 Å². The molecule has 1 unspecified atom stereocenters. The van der Waals surface area contributed by atoms with Crippen LogP contribution in [0.15, 0.2) is 0 Å². The van der Waals surface area contributed by atoms with E-state index in [1.54, 1.807) is 0 Å². The number of carbonyl (C=O) groups is 3. The molecule has 0 aromatic rings. The van der Waals surface area contributed by atoms with E-state index in [-0.39, 0.29) is 31.1 Å². The van der Waals surface area contributed by atoms with Crippen molar-refractivity contribution in [2.75, 3.05) is 13.2 Å². The molecule has 0 fully saturated rings. The molecule has 0 N–H and O–H groups in total. The summed E-state index contributed by atoms with van der Waals surface area (Å²) in [5, 5.41) is 0. The van der Waals surface area contributed by atoms with E-state index in [0.717, 1.165) is 57.8 Å². The Balaban J connectivity index is 3.98. The fraction of sp³-hybridized carbons (Fsp3) is 0.959. The Kier molecular flexibility index (Phi) is 68.5. The van der Waals surface area contributed by atoms with Crippen LogP contribution in [0.3, 0.4) is 0 Å². The molecule has 0 aromatic carbocycles. The van der Waals surface area contributed by atoms with Gasteiger partial charge in [0.25, 0.3) is 0 Å². The molecule has 476 valence electrons. The maximum Gasteiger partial charge on any atom is 0.306 e. The van der Waals surface area contributed by atoms with Crippen molar-refractivity contribution in [3.63, 3.8) is 0 Å². The van der Waals surface area contributed by atoms with Crippen LogP contribution in [0, 0.1) is 0 Å². The van der Waals surface area contributed by atoms with Gasteiger partial charge < -0.3 is 14.2 Å². The van der Waals surface area contributed by atoms with Crippen LogP contribution in [0.4, 0.5) is 0 Å². The van der Waals surface area contributed by atoms with Gasteiger partial charge in [0.05, 0.1) is 0 Å². The van der Waals surface area contributed by atoms with Gasteiger partial charge in [0.2, 0.25) is 0 Å². The zero-order valence-electron chi connectivity index (χ0n) is 54.9. The SMILES string of the molecule is CCCCCCCCCCCCCCCCCCCCCCCCCCCCCCCCCCCCCC(=O)OCC(COC(=O)CCCCCCCCCCCCCC)OC(=O)CCCCCCCCCCCCCCCCC. The molecule has 0 spiro atoms. The Morgan fingerprint density at radius 3 is 0.500 bits per heavy atom. The summed E-state index contributed by atoms with van der Waals surface area (Å²) in [4.78, 5) is 38.3. The molecule has 0 amide bonds. The summed E-state index contributed by atoms with van der Waals surface area (Å²) in [7, 11) is 0. The molecular weight excluding hydrogens is 985 g/mol. The molecule has 0 aliphatic heterocycles. The highest BCUT2D eigenvalue weighted by Crippen LogP contribution is 2.20. The van der Waals surface area contributed by atoms with Crippen LogP contribution in [0.1, 0.15) is 438 Å². The average Bonchev–Trinajstić information content (AvgIpc) is 3.46. The second-order valence-electron chi connectivity index (χ2n) is 25.6. The van der Waals surface area contributed by atoms with Crippen LogP contribution in [0.5, 0.6) is 0 Å². The summed E-state index contributed by atoms with van der Waals surface area (Å²) in [6.45, 7) is 6.73. The Morgan fingerprint density at radius 2 is 0.338 bits per heavy atom. The zero-order valence-corrected chi connectivity index (χ0v) is 54.9. The number of unbranched alkanes of at least 4 members (excludes halogenated alkanes) is 59. The molecule has 6 heteroatoms. The lowest BCUT2D eigenvalue weighted by molar-refractivity contribution is -0.167. The molecule has 0 rings (SSSR count). The maximum atomic E-state index is 12.9. The van der Waals surface area contributed by atoms with Crippen molar-refractivity contribution in [2.24, 2.45) is 0 Å². The van der Waals surface area contributed by atoms with Crippen molar-refractivity contribution >= 4 is 17.9 Å². The van der Waals surface area contributed by atoms with Gasteiger partial charge in [-0.15, -0.1) is 0 Å². The van der Waals surface area contributed by atoms with E-state index < -0.39 is 6.10 Å². The molecule has 0 aromatic heterocycles. The Hall–Kier alpha value is -1.59. The van der Waals surface area contributed by atoms with Gasteiger partial charge in [0, 0.05) is 19.3 Å². The van der Waals surface area contributed by atoms with E-state index in [0.29, 0.717) is 19.3 Å². The lowest BCUT2D eigenvalue weighted by Crippen LogP contribution is -2.30. The van der Waals surface area contributed by atoms with E-state index in [1.807, 2.05) is 0 Å². The number of rotatable bonds is 70. The zero-order chi connectivity index (χ0) is 57.8. The molecular formula is C74H144O6. The predicted molar refractivity (Wildman–Crippen MR) is 349 cm³/mol. The first-order chi connectivity index (χ1) is 39.5. The van der Waals surface area contributed by atoms with Gasteiger partial charge in [0.15, 0.2) is 6.10 Å². The van der Waals surface area contributed by atoms with Gasteiger partial charge in [-0.25, -0.2) is 0 Å². The fourth-order valence-electron chi connectivity index (χ4n) is 11.8. The number of hydrogen-bond acceptors (Lipinski definition) is 6. The standard InChI is InChI=1S/C74H144O6/c1-4-7-10-13-16-19-22-25-27-28-29-30-31-32-33-34-35-36-37-38-39-40-41-42-43-44-45-46-48-49-52-55-58-61-64-67-73(76)79-70-71(69-78-72(75)66-63-60-57-54-51-24-21-18-15-12-9-6-3)80-74(77)68-65-62-59-56-53-50-47-26-23-20-17-14-11-8-5-2/h71H,4-70H2,1-3H3. The third kappa shape index (κ3) is 67.2. The van der Waals surface area contributed by atoms with Crippen molar-refractivity contribution in [1.29, 1.82) is 0 Å². The number of ether oxygens (including phenoxy) is 3. The van der Waals surface area contributed by atoms with Crippen LogP contribution < -0.4 is 0 Å². The van der Waals surface area contributed by atoms with Crippen molar-refractivity contribution in [3.8, 4) is 0 Å². The normalized spacial score (nSPS) is 11.9. The molecule has 0 heterocycles. The summed E-state index contributed by atoms with van der Waals surface area (Å²) >= 11 is 0. The van der Waals surface area contributed by atoms with Gasteiger partial charge in [-0.2, -0.15) is 0 Å². The quantitative estimate of drug-likeness (QED) is 0.0343. The van der Waals surface area contributed by atoms with E-state index in [4.69, 9.17) is 14.2 Å². The molecule has 6 nitrogen and oxygen atoms in total. The molecule has 80 heavy (non-hydrogen) atoms. The summed E-state index contributed by atoms with van der Waals surface area (Å²) in [5.74, 6) is -0.824. The first kappa shape index (κ1) is 78.4. The van der Waals surface area contributed by atoms with Crippen molar-refractivity contribution in [3.05, 3.63) is 0 Å². The van der Waals surface area contributed by atoms with E-state index in [9.17, 15) is 14.4 Å². The smallest absolute Gasteiger partial charge is 0.306 e. The van der Waals surface area contributed by atoms with Gasteiger partial charge in [-0.3, -0.25) is 14.4 Å². The summed E-state index contributed by atoms with van der Waals surface area (Å²) in [6.07, 6.45) is 83.1. The lowest BCUT2D eigenvalue weighted by Gasteiger charge is -2.18. The van der Waals surface area contributed by atoms with E-state index in [2.05, 4.69) is 20.8 Å². The molecule has 0 saturated carbocycles. The maximum absolute atomic E-state index is 12.9. The Morgan fingerprint density at radius 1 is 0.200 bits per heavy atom. The summed E-state index contributed by atoms with van der Waals surface area (Å²) in [6, 6.07) is 0. The van der Waals surface area contributed by atoms with E-state index in [1.165, 1.54) is 340 Å². The van der Waals surface area contributed by atoms with Gasteiger partial charge in [-0.05, 0) is 19.3 Å². The monoisotopic (exact) mass is 1130 g/mol. The first-order valence-corrected chi connectivity index (χ1v) is 37.0. The molecule has 1 atom stereocenters. The van der Waals surface area contributed by atoms with Crippen molar-refractivity contribution < 1.29 is 28.6 Å². The predicted octanol–water partition coefficient (Wildman–Crippen LogP) is 25.4. The topological polar surface area (TPSA) is 78.9 Å². The molecule has 0 aliphatic rings. The Labute approximate surface area is 501 Å². The summed E-state index contributed by atoms with van der Waals surface area (Å²) in [5.41, 5.74) is 0. The molecule has 0 aliphatic carbocycles. The van der Waals surface area contributed by atoms with Crippen LogP contribution in [-0.2, 0) is 28.6 Å². The minimum absolute atomic E-state index is 0.0605. The highest BCUT2D eigenvalue weighted by molar-refractivity contribution is 5.71. The summed E-state index contributed by atoms with van der Waals surface area (Å²) < 4.78 is 17.0. The lowest BCUT2D eigenvalue weighted by atomic mass is 10.0. The van der Waals surface area contributed by atoms with Crippen LogP contribution in [0.2, 0.25) is 0 Å². The largest absolute Gasteiger partial charge is 0.462 e. The Bertz CT molecular complexity index is 1200. The van der Waals surface area contributed by atoms with Gasteiger partial charge in [0.1, 0.15) is 13.2 Å². The van der Waals surface area contributed by atoms with Crippen molar-refractivity contribution in [1.82, 2.24) is 0 Å². The van der Waals surface area contributed by atoms with E-state index >= 15 is 0 Å². The minimum atomic E-state index is -0.762. The van der Waals surface area contributed by atoms with Crippen molar-refractivity contribution in [2.45, 2.75) is 444 Å². The third-order valence-corrected chi connectivity index (χ3v) is 17.4. The molecule has 0 bridgehead atoms. The average molecular weight is 1130 g/mol. The molecule has 0 saturated heterocycles. The highest BCUT2D eigenvalue weighted by Gasteiger charge is 2.20. The highest BCUT2D eigenvalue weighted by atomic mass is 16.6. The third-order valence-electron chi connectivity index (χ3n) is 17.4. The second kappa shape index (κ2) is 69.9.